The summed E-state index contributed by atoms with van der Waals surface area (Å²) in [5.74, 6) is 2.13. The van der Waals surface area contributed by atoms with E-state index in [0.717, 1.165) is 31.8 Å². The van der Waals surface area contributed by atoms with Gasteiger partial charge in [-0.2, -0.15) is 0 Å². The number of piperidine rings is 1. The zero-order chi connectivity index (χ0) is 13.7. The SMILES string of the molecule is CN1CC[C@H]2CCN(C(=O)c3cc(C4CC4)on3)[C@@H]2C1. The fraction of sp³-hybridized carbons (Fsp3) is 0.733. The van der Waals surface area contributed by atoms with Crippen LogP contribution in [0.15, 0.2) is 10.6 Å². The lowest BCUT2D eigenvalue weighted by molar-refractivity contribution is 0.0621. The van der Waals surface area contributed by atoms with E-state index in [1.54, 1.807) is 0 Å². The fourth-order valence-electron chi connectivity index (χ4n) is 3.65. The van der Waals surface area contributed by atoms with E-state index in [4.69, 9.17) is 4.52 Å². The van der Waals surface area contributed by atoms with Crippen LogP contribution >= 0.6 is 0 Å². The summed E-state index contributed by atoms with van der Waals surface area (Å²) >= 11 is 0. The maximum Gasteiger partial charge on any atom is 0.276 e. The van der Waals surface area contributed by atoms with Crippen LogP contribution in [0.4, 0.5) is 0 Å². The Bertz CT molecular complexity index is 523. The number of fused-ring (bicyclic) bond motifs is 1. The second kappa shape index (κ2) is 4.58. The second-order valence-electron chi connectivity index (χ2n) is 6.55. The lowest BCUT2D eigenvalue weighted by atomic mass is 9.92. The maximum absolute atomic E-state index is 12.6. The molecule has 0 unspecified atom stereocenters. The third kappa shape index (κ3) is 2.04. The van der Waals surface area contributed by atoms with Gasteiger partial charge in [-0.3, -0.25) is 4.79 Å². The van der Waals surface area contributed by atoms with Crippen molar-refractivity contribution in [3.8, 4) is 0 Å². The number of carbonyl (C=O) groups is 1. The summed E-state index contributed by atoms with van der Waals surface area (Å²) < 4.78 is 5.32. The molecule has 0 aromatic carbocycles. The fourth-order valence-corrected chi connectivity index (χ4v) is 3.65. The van der Waals surface area contributed by atoms with Gasteiger partial charge in [0.05, 0.1) is 0 Å². The van der Waals surface area contributed by atoms with Crippen molar-refractivity contribution < 1.29 is 9.32 Å². The minimum atomic E-state index is 0.0588. The van der Waals surface area contributed by atoms with Crippen molar-refractivity contribution in [2.45, 2.75) is 37.6 Å². The maximum atomic E-state index is 12.6. The number of amides is 1. The molecule has 1 amide bonds. The Kier molecular flexibility index (Phi) is 2.84. The predicted molar refractivity (Wildman–Crippen MR) is 73.5 cm³/mol. The number of nitrogens with zero attached hydrogens (tertiary/aromatic N) is 3. The van der Waals surface area contributed by atoms with E-state index in [1.165, 1.54) is 19.3 Å². The molecular formula is C15H21N3O2. The van der Waals surface area contributed by atoms with E-state index in [1.807, 2.05) is 11.0 Å². The molecule has 5 nitrogen and oxygen atoms in total. The standard InChI is InChI=1S/C15H21N3O2/c1-17-6-4-10-5-7-18(13(10)9-17)15(19)12-8-14(20-16-12)11-2-3-11/h8,10-11,13H,2-7,9H2,1H3/t10-,13+/m0/s1. The summed E-state index contributed by atoms with van der Waals surface area (Å²) in [4.78, 5) is 17.0. The zero-order valence-electron chi connectivity index (χ0n) is 11.9. The number of likely N-dealkylation sites (tertiary alicyclic amines) is 2. The van der Waals surface area contributed by atoms with Gasteiger partial charge in [-0.1, -0.05) is 5.16 Å². The van der Waals surface area contributed by atoms with Gasteiger partial charge < -0.3 is 14.3 Å². The molecule has 3 aliphatic rings. The molecule has 0 spiro atoms. The Morgan fingerprint density at radius 3 is 2.90 bits per heavy atom. The van der Waals surface area contributed by atoms with Gasteiger partial charge >= 0.3 is 0 Å². The number of aromatic nitrogens is 1. The topological polar surface area (TPSA) is 49.6 Å². The highest BCUT2D eigenvalue weighted by molar-refractivity contribution is 5.92. The number of rotatable bonds is 2. The van der Waals surface area contributed by atoms with Gasteiger partial charge in [0.1, 0.15) is 5.76 Å². The van der Waals surface area contributed by atoms with Crippen molar-refractivity contribution in [2.24, 2.45) is 5.92 Å². The highest BCUT2D eigenvalue weighted by atomic mass is 16.5. The van der Waals surface area contributed by atoms with Crippen LogP contribution in [-0.4, -0.2) is 53.6 Å². The third-order valence-electron chi connectivity index (χ3n) is 5.05. The second-order valence-corrected chi connectivity index (χ2v) is 6.55. The molecule has 5 heteroatoms. The van der Waals surface area contributed by atoms with Crippen LogP contribution in [0.2, 0.25) is 0 Å². The van der Waals surface area contributed by atoms with Crippen LogP contribution in [-0.2, 0) is 0 Å². The molecule has 0 bridgehead atoms. The van der Waals surface area contributed by atoms with E-state index in [0.29, 0.717) is 23.6 Å². The zero-order valence-corrected chi connectivity index (χ0v) is 11.9. The van der Waals surface area contributed by atoms with Crippen LogP contribution in [0.25, 0.3) is 0 Å². The van der Waals surface area contributed by atoms with Crippen molar-refractivity contribution in [3.05, 3.63) is 17.5 Å². The average Bonchev–Trinajstić information content (AvgIpc) is 3.03. The van der Waals surface area contributed by atoms with Crippen LogP contribution in [0.5, 0.6) is 0 Å². The summed E-state index contributed by atoms with van der Waals surface area (Å²) in [6.07, 6.45) is 4.68. The highest BCUT2D eigenvalue weighted by Crippen LogP contribution is 2.40. The molecule has 1 aromatic heterocycles. The summed E-state index contributed by atoms with van der Waals surface area (Å²) in [7, 11) is 2.14. The molecule has 2 saturated heterocycles. The Hall–Kier alpha value is -1.36. The Morgan fingerprint density at radius 2 is 2.10 bits per heavy atom. The normalized spacial score (nSPS) is 30.6. The number of hydrogen-bond acceptors (Lipinski definition) is 4. The summed E-state index contributed by atoms with van der Waals surface area (Å²) in [5, 5.41) is 4.00. The molecule has 0 N–H and O–H groups in total. The number of carbonyl (C=O) groups excluding carboxylic acids is 1. The third-order valence-corrected chi connectivity index (χ3v) is 5.05. The van der Waals surface area contributed by atoms with E-state index < -0.39 is 0 Å². The molecule has 1 aromatic rings. The first-order chi connectivity index (χ1) is 9.72. The van der Waals surface area contributed by atoms with Crippen molar-refractivity contribution in [1.29, 1.82) is 0 Å². The first-order valence-electron chi connectivity index (χ1n) is 7.68. The predicted octanol–water partition coefficient (Wildman–Crippen LogP) is 1.72. The minimum absolute atomic E-state index is 0.0588. The molecule has 4 rings (SSSR count). The monoisotopic (exact) mass is 275 g/mol. The first-order valence-corrected chi connectivity index (χ1v) is 7.68. The van der Waals surface area contributed by atoms with Crippen molar-refractivity contribution in [3.63, 3.8) is 0 Å². The number of hydrogen-bond donors (Lipinski definition) is 0. The van der Waals surface area contributed by atoms with Gasteiger partial charge in [0.15, 0.2) is 5.69 Å². The molecule has 1 saturated carbocycles. The molecule has 3 heterocycles. The molecule has 20 heavy (non-hydrogen) atoms. The minimum Gasteiger partial charge on any atom is -0.360 e. The van der Waals surface area contributed by atoms with E-state index in [9.17, 15) is 4.79 Å². The van der Waals surface area contributed by atoms with Crippen LogP contribution in [0.3, 0.4) is 0 Å². The van der Waals surface area contributed by atoms with Gasteiger partial charge in [-0.15, -0.1) is 0 Å². The molecule has 108 valence electrons. The van der Waals surface area contributed by atoms with Gasteiger partial charge in [0.2, 0.25) is 0 Å². The highest BCUT2D eigenvalue weighted by Gasteiger charge is 2.41. The van der Waals surface area contributed by atoms with Gasteiger partial charge in [0.25, 0.3) is 5.91 Å². The van der Waals surface area contributed by atoms with E-state index >= 15 is 0 Å². The van der Waals surface area contributed by atoms with Gasteiger partial charge in [-0.05, 0) is 45.2 Å². The van der Waals surface area contributed by atoms with Crippen LogP contribution in [0, 0.1) is 5.92 Å². The van der Waals surface area contributed by atoms with Gasteiger partial charge in [-0.25, -0.2) is 0 Å². The first kappa shape index (κ1) is 12.4. The summed E-state index contributed by atoms with van der Waals surface area (Å²) in [5.41, 5.74) is 0.501. The molecular weight excluding hydrogens is 254 g/mol. The van der Waals surface area contributed by atoms with Crippen molar-refractivity contribution in [1.82, 2.24) is 15.0 Å². The summed E-state index contributed by atoms with van der Waals surface area (Å²) in [6.45, 7) is 3.01. The summed E-state index contributed by atoms with van der Waals surface area (Å²) in [6, 6.07) is 2.22. The molecule has 0 radical (unpaired) electrons. The number of likely N-dealkylation sites (N-methyl/N-ethyl adjacent to an activating group) is 1. The average molecular weight is 275 g/mol. The largest absolute Gasteiger partial charge is 0.360 e. The van der Waals surface area contributed by atoms with Crippen molar-refractivity contribution >= 4 is 5.91 Å². The van der Waals surface area contributed by atoms with Crippen LogP contribution in [0.1, 0.15) is 47.8 Å². The van der Waals surface area contributed by atoms with Crippen LogP contribution < -0.4 is 0 Å². The molecule has 3 fully saturated rings. The Balaban J connectivity index is 1.52. The Morgan fingerprint density at radius 1 is 1.30 bits per heavy atom. The lowest BCUT2D eigenvalue weighted by Gasteiger charge is -2.36. The van der Waals surface area contributed by atoms with E-state index in [-0.39, 0.29) is 5.91 Å². The molecule has 1 aliphatic carbocycles. The smallest absolute Gasteiger partial charge is 0.276 e. The Labute approximate surface area is 118 Å². The molecule has 2 atom stereocenters. The van der Waals surface area contributed by atoms with Crippen molar-refractivity contribution in [2.75, 3.05) is 26.7 Å². The van der Waals surface area contributed by atoms with E-state index in [2.05, 4.69) is 17.1 Å². The van der Waals surface area contributed by atoms with Gasteiger partial charge in [0, 0.05) is 31.1 Å². The molecule has 2 aliphatic heterocycles. The quantitative estimate of drug-likeness (QED) is 0.824. The lowest BCUT2D eigenvalue weighted by Crippen LogP contribution is -2.48.